The van der Waals surface area contributed by atoms with E-state index >= 15 is 0 Å². The molecule has 0 radical (unpaired) electrons. The molecule has 126 valence electrons. The first kappa shape index (κ1) is 18.9. The topological polar surface area (TPSA) is 109 Å². The van der Waals surface area contributed by atoms with Crippen LogP contribution in [0, 0.1) is 0 Å². The molecule has 1 rings (SSSR count). The van der Waals surface area contributed by atoms with E-state index in [4.69, 9.17) is 5.11 Å². The van der Waals surface area contributed by atoms with Crippen molar-refractivity contribution < 1.29 is 19.5 Å². The second kappa shape index (κ2) is 8.47. The van der Waals surface area contributed by atoms with E-state index in [9.17, 15) is 19.2 Å². The van der Waals surface area contributed by atoms with Crippen LogP contribution in [0.5, 0.6) is 0 Å². The number of carboxylic acid groups (broad SMARTS) is 1. The van der Waals surface area contributed by atoms with E-state index in [1.165, 1.54) is 30.7 Å². The number of aliphatic carboxylic acids is 1. The van der Waals surface area contributed by atoms with Crippen LogP contribution in [0.3, 0.4) is 0 Å². The Balaban J connectivity index is 2.89. The number of aromatic nitrogens is 1. The van der Waals surface area contributed by atoms with Crippen molar-refractivity contribution in [2.45, 2.75) is 26.4 Å². The third-order valence-corrected chi connectivity index (χ3v) is 3.59. The highest BCUT2D eigenvalue weighted by atomic mass is 79.9. The van der Waals surface area contributed by atoms with Gasteiger partial charge in [-0.05, 0) is 28.9 Å². The second-order valence-electron chi connectivity index (χ2n) is 4.90. The zero-order valence-corrected chi connectivity index (χ0v) is 14.4. The fourth-order valence-electron chi connectivity index (χ4n) is 1.88. The van der Waals surface area contributed by atoms with E-state index < -0.39 is 17.9 Å². The Labute approximate surface area is 141 Å². The summed E-state index contributed by atoms with van der Waals surface area (Å²) in [5.41, 5.74) is -0.369. The van der Waals surface area contributed by atoms with Crippen LogP contribution in [0.25, 0.3) is 0 Å². The molecule has 0 aliphatic rings. The molecule has 1 aromatic heterocycles. The molecule has 1 heterocycles. The predicted octanol–water partition coefficient (Wildman–Crippen LogP) is 0.0486. The molecule has 0 aliphatic carbocycles. The number of halogens is 1. The van der Waals surface area contributed by atoms with Gasteiger partial charge in [0.05, 0.1) is 0 Å². The molecule has 0 spiro atoms. The Morgan fingerprint density at radius 2 is 2.04 bits per heavy atom. The Kier molecular flexibility index (Phi) is 6.95. The lowest BCUT2D eigenvalue weighted by molar-refractivity contribution is -0.149. The second-order valence-corrected chi connectivity index (χ2v) is 5.81. The van der Waals surface area contributed by atoms with Crippen LogP contribution in [0.1, 0.15) is 13.8 Å². The number of nitrogens with one attached hydrogen (secondary N) is 1. The third kappa shape index (κ3) is 5.85. The van der Waals surface area contributed by atoms with Crippen molar-refractivity contribution in [3.8, 4) is 0 Å². The largest absolute Gasteiger partial charge is 0.480 e. The number of carbonyl (C=O) groups is 3. The lowest BCUT2D eigenvalue weighted by Gasteiger charge is -2.27. The van der Waals surface area contributed by atoms with Crippen molar-refractivity contribution in [1.29, 1.82) is 0 Å². The minimum Gasteiger partial charge on any atom is -0.480 e. The van der Waals surface area contributed by atoms with Crippen molar-refractivity contribution in [3.63, 3.8) is 0 Å². The first-order valence-corrected chi connectivity index (χ1v) is 7.64. The van der Waals surface area contributed by atoms with Gasteiger partial charge in [0.2, 0.25) is 11.8 Å². The number of hydrogen-bond acceptors (Lipinski definition) is 4. The van der Waals surface area contributed by atoms with E-state index in [2.05, 4.69) is 21.2 Å². The SMILES string of the molecule is CC(=O)NCCN(C(=O)Cn1cc(Br)ccc1=O)C(C)C(=O)O. The first-order valence-electron chi connectivity index (χ1n) is 6.85. The number of carbonyl (C=O) groups excluding carboxylic acids is 2. The fraction of sp³-hybridized carbons (Fsp3) is 0.429. The van der Waals surface area contributed by atoms with Gasteiger partial charge in [-0.2, -0.15) is 0 Å². The molecule has 0 aliphatic heterocycles. The summed E-state index contributed by atoms with van der Waals surface area (Å²) in [6, 6.07) is 1.79. The molecule has 2 amide bonds. The Hall–Kier alpha value is -2.16. The monoisotopic (exact) mass is 387 g/mol. The number of amides is 2. The summed E-state index contributed by atoms with van der Waals surface area (Å²) in [6.45, 7) is 2.59. The molecule has 2 N–H and O–H groups in total. The highest BCUT2D eigenvalue weighted by Crippen LogP contribution is 2.06. The minimum absolute atomic E-state index is 0.0363. The highest BCUT2D eigenvalue weighted by Gasteiger charge is 2.25. The summed E-state index contributed by atoms with van der Waals surface area (Å²) in [7, 11) is 0. The van der Waals surface area contributed by atoms with Gasteiger partial charge in [-0.15, -0.1) is 0 Å². The molecule has 0 saturated carbocycles. The highest BCUT2D eigenvalue weighted by molar-refractivity contribution is 9.10. The summed E-state index contributed by atoms with van der Waals surface area (Å²) in [5, 5.41) is 11.6. The van der Waals surface area contributed by atoms with E-state index in [0.29, 0.717) is 4.47 Å². The van der Waals surface area contributed by atoms with Crippen LogP contribution in [0.4, 0.5) is 0 Å². The van der Waals surface area contributed by atoms with Gasteiger partial charge >= 0.3 is 5.97 Å². The number of nitrogens with zero attached hydrogens (tertiary/aromatic N) is 2. The van der Waals surface area contributed by atoms with Crippen LogP contribution in [0.15, 0.2) is 27.6 Å². The number of pyridine rings is 1. The van der Waals surface area contributed by atoms with Crippen molar-refractivity contribution in [2.24, 2.45) is 0 Å². The summed E-state index contributed by atoms with van der Waals surface area (Å²) < 4.78 is 1.81. The molecule has 23 heavy (non-hydrogen) atoms. The van der Waals surface area contributed by atoms with E-state index in [1.807, 2.05) is 0 Å². The summed E-state index contributed by atoms with van der Waals surface area (Å²) >= 11 is 3.21. The predicted molar refractivity (Wildman–Crippen MR) is 85.9 cm³/mol. The Bertz CT molecular complexity index is 658. The molecule has 8 nitrogen and oxygen atoms in total. The van der Waals surface area contributed by atoms with Gasteiger partial charge in [-0.25, -0.2) is 4.79 Å². The fourth-order valence-corrected chi connectivity index (χ4v) is 2.26. The molecule has 0 bridgehead atoms. The normalized spacial score (nSPS) is 11.6. The zero-order valence-electron chi connectivity index (χ0n) is 12.8. The summed E-state index contributed by atoms with van der Waals surface area (Å²) in [5.74, 6) is -1.96. The molecular formula is C14H18BrN3O5. The van der Waals surface area contributed by atoms with Crippen molar-refractivity contribution in [2.75, 3.05) is 13.1 Å². The van der Waals surface area contributed by atoms with Gasteiger partial charge in [0.25, 0.3) is 5.56 Å². The van der Waals surface area contributed by atoms with Crippen LogP contribution >= 0.6 is 15.9 Å². The third-order valence-electron chi connectivity index (χ3n) is 3.12. The summed E-state index contributed by atoms with van der Waals surface area (Å²) in [4.78, 5) is 47.3. The number of rotatable bonds is 7. The zero-order chi connectivity index (χ0) is 17.6. The average Bonchev–Trinajstić information content (AvgIpc) is 2.46. The minimum atomic E-state index is -1.16. The lowest BCUT2D eigenvalue weighted by Crippen LogP contribution is -2.48. The molecule has 0 saturated heterocycles. The van der Waals surface area contributed by atoms with Gasteiger partial charge in [-0.1, -0.05) is 0 Å². The van der Waals surface area contributed by atoms with Crippen molar-refractivity contribution in [1.82, 2.24) is 14.8 Å². The smallest absolute Gasteiger partial charge is 0.326 e. The van der Waals surface area contributed by atoms with Gasteiger partial charge < -0.3 is 19.9 Å². The maximum absolute atomic E-state index is 12.4. The molecule has 0 fully saturated rings. The van der Waals surface area contributed by atoms with Crippen molar-refractivity contribution >= 4 is 33.7 Å². The first-order chi connectivity index (χ1) is 10.7. The van der Waals surface area contributed by atoms with Crippen LogP contribution in [-0.2, 0) is 20.9 Å². The van der Waals surface area contributed by atoms with Crippen LogP contribution < -0.4 is 10.9 Å². The van der Waals surface area contributed by atoms with Gasteiger partial charge in [0.1, 0.15) is 12.6 Å². The molecule has 1 aromatic rings. The maximum atomic E-state index is 12.4. The van der Waals surface area contributed by atoms with Gasteiger partial charge in [0.15, 0.2) is 0 Å². The summed E-state index contributed by atoms with van der Waals surface area (Å²) in [6.07, 6.45) is 1.46. The van der Waals surface area contributed by atoms with Gasteiger partial charge in [-0.3, -0.25) is 14.4 Å². The van der Waals surface area contributed by atoms with Gasteiger partial charge in [0, 0.05) is 36.7 Å². The maximum Gasteiger partial charge on any atom is 0.326 e. The lowest BCUT2D eigenvalue weighted by atomic mass is 10.2. The standard InChI is InChI=1S/C14H18BrN3O5/c1-9(14(22)23)18(6-5-16-10(2)19)13(21)8-17-7-11(15)3-4-12(17)20/h3-4,7,9H,5-6,8H2,1-2H3,(H,16,19)(H,22,23). The van der Waals surface area contributed by atoms with Crippen LogP contribution in [0.2, 0.25) is 0 Å². The molecule has 9 heteroatoms. The molecule has 0 aromatic carbocycles. The molecule has 1 unspecified atom stereocenters. The Morgan fingerprint density at radius 3 is 2.61 bits per heavy atom. The van der Waals surface area contributed by atoms with Crippen molar-refractivity contribution in [3.05, 3.63) is 33.2 Å². The number of hydrogen-bond donors (Lipinski definition) is 2. The average molecular weight is 388 g/mol. The van der Waals surface area contributed by atoms with E-state index in [-0.39, 0.29) is 31.1 Å². The van der Waals surface area contributed by atoms with E-state index in [1.54, 1.807) is 6.07 Å². The van der Waals surface area contributed by atoms with E-state index in [0.717, 1.165) is 4.90 Å². The molecular weight excluding hydrogens is 370 g/mol. The molecule has 1 atom stereocenters. The number of carboxylic acids is 1. The quantitative estimate of drug-likeness (QED) is 0.686. The van der Waals surface area contributed by atoms with Crippen LogP contribution in [-0.4, -0.2) is 51.5 Å². The Morgan fingerprint density at radius 1 is 1.39 bits per heavy atom.